The highest BCUT2D eigenvalue weighted by atomic mass is 32.3. The molecule has 2 aliphatic heterocycles. The second-order valence-corrected chi connectivity index (χ2v) is 9.27. The SMILES string of the molecule is NC1CC2(C1)CC(c1nnc([C@@H]3CC[C@H]4CN3C(=O)N4OS(=O)(=O)O)o1)C2. The van der Waals surface area contributed by atoms with Gasteiger partial charge in [0.1, 0.15) is 6.04 Å². The number of amides is 2. The summed E-state index contributed by atoms with van der Waals surface area (Å²) in [6, 6.07) is -1.18. The van der Waals surface area contributed by atoms with E-state index in [4.69, 9.17) is 14.7 Å². The molecule has 148 valence electrons. The molecule has 2 saturated heterocycles. The highest BCUT2D eigenvalue weighted by Crippen LogP contribution is 2.61. The van der Waals surface area contributed by atoms with Crippen LogP contribution in [0.4, 0.5) is 4.79 Å². The van der Waals surface area contributed by atoms with Gasteiger partial charge in [-0.2, -0.15) is 13.5 Å². The van der Waals surface area contributed by atoms with Crippen molar-refractivity contribution in [3.8, 4) is 0 Å². The fraction of sp³-hybridized carbons (Fsp3) is 0.800. The van der Waals surface area contributed by atoms with E-state index in [0.29, 0.717) is 41.1 Å². The van der Waals surface area contributed by atoms with Gasteiger partial charge in [-0.15, -0.1) is 14.5 Å². The van der Waals surface area contributed by atoms with Crippen LogP contribution in [-0.2, 0) is 14.7 Å². The molecule has 1 aromatic heterocycles. The summed E-state index contributed by atoms with van der Waals surface area (Å²) in [6.07, 6.45) is 5.18. The first kappa shape index (κ1) is 17.3. The van der Waals surface area contributed by atoms with E-state index in [2.05, 4.69) is 14.5 Å². The van der Waals surface area contributed by atoms with E-state index in [-0.39, 0.29) is 12.5 Å². The molecule has 2 atom stereocenters. The largest absolute Gasteiger partial charge is 0.423 e. The van der Waals surface area contributed by atoms with Gasteiger partial charge < -0.3 is 15.1 Å². The van der Waals surface area contributed by atoms with Gasteiger partial charge in [0.05, 0.1) is 6.04 Å². The molecule has 4 fully saturated rings. The molecule has 3 heterocycles. The van der Waals surface area contributed by atoms with Crippen molar-refractivity contribution in [1.29, 1.82) is 0 Å². The van der Waals surface area contributed by atoms with E-state index in [1.807, 2.05) is 0 Å². The van der Waals surface area contributed by atoms with Gasteiger partial charge >= 0.3 is 16.4 Å². The van der Waals surface area contributed by atoms with Crippen LogP contribution >= 0.6 is 0 Å². The van der Waals surface area contributed by atoms with Crippen LogP contribution in [0.25, 0.3) is 0 Å². The van der Waals surface area contributed by atoms with E-state index in [1.54, 1.807) is 0 Å². The van der Waals surface area contributed by atoms with E-state index in [1.165, 1.54) is 4.90 Å². The van der Waals surface area contributed by atoms with Gasteiger partial charge in [0.2, 0.25) is 11.8 Å². The van der Waals surface area contributed by atoms with Crippen LogP contribution in [0.5, 0.6) is 0 Å². The number of rotatable bonds is 4. The third-order valence-corrected chi connectivity index (χ3v) is 6.69. The number of hydrogen-bond donors (Lipinski definition) is 2. The summed E-state index contributed by atoms with van der Waals surface area (Å²) in [6.45, 7) is 0.279. The molecule has 2 bridgehead atoms. The van der Waals surface area contributed by atoms with Gasteiger partial charge in [0.25, 0.3) is 0 Å². The summed E-state index contributed by atoms with van der Waals surface area (Å²) in [5.74, 6) is 1.19. The predicted molar refractivity (Wildman–Crippen MR) is 88.3 cm³/mol. The molecule has 2 saturated carbocycles. The number of nitrogens with zero attached hydrogens (tertiary/aromatic N) is 4. The average molecular weight is 399 g/mol. The number of piperidine rings is 1. The fourth-order valence-corrected chi connectivity index (χ4v) is 5.57. The molecule has 12 heteroatoms. The molecule has 0 unspecified atom stereocenters. The zero-order valence-electron chi connectivity index (χ0n) is 14.5. The molecule has 3 N–H and O–H groups in total. The van der Waals surface area contributed by atoms with Crippen molar-refractivity contribution in [2.24, 2.45) is 11.1 Å². The number of fused-ring (bicyclic) bond motifs is 2. The Balaban J connectivity index is 1.28. The van der Waals surface area contributed by atoms with Crippen molar-refractivity contribution in [1.82, 2.24) is 20.2 Å². The lowest BCUT2D eigenvalue weighted by atomic mass is 9.50. The number of carbonyl (C=O) groups is 1. The van der Waals surface area contributed by atoms with Gasteiger partial charge in [-0.1, -0.05) is 0 Å². The van der Waals surface area contributed by atoms with E-state index in [0.717, 1.165) is 25.7 Å². The molecule has 4 aliphatic rings. The number of nitrogens with two attached hydrogens (primary N) is 1. The predicted octanol–water partition coefficient (Wildman–Crippen LogP) is 0.730. The molecule has 27 heavy (non-hydrogen) atoms. The Morgan fingerprint density at radius 1 is 1.19 bits per heavy atom. The van der Waals surface area contributed by atoms with Crippen LogP contribution < -0.4 is 5.73 Å². The minimum atomic E-state index is -4.76. The van der Waals surface area contributed by atoms with Crippen LogP contribution in [0.2, 0.25) is 0 Å². The minimum Gasteiger partial charge on any atom is -0.423 e. The summed E-state index contributed by atoms with van der Waals surface area (Å²) in [5, 5.41) is 9.02. The van der Waals surface area contributed by atoms with Crippen LogP contribution in [0, 0.1) is 5.41 Å². The Morgan fingerprint density at radius 2 is 1.89 bits per heavy atom. The molecule has 11 nitrogen and oxygen atoms in total. The summed E-state index contributed by atoms with van der Waals surface area (Å²) in [5.41, 5.74) is 6.25. The first-order valence-corrected chi connectivity index (χ1v) is 10.5. The smallest absolute Gasteiger partial charge is 0.418 e. The lowest BCUT2D eigenvalue weighted by molar-refractivity contribution is -0.0317. The third-order valence-electron chi connectivity index (χ3n) is 6.34. The van der Waals surface area contributed by atoms with Gasteiger partial charge in [0, 0.05) is 18.5 Å². The van der Waals surface area contributed by atoms with Gasteiger partial charge in [-0.25, -0.2) is 4.79 Å². The standard InChI is InChI=1S/C15H21N5O6S/c16-9-5-15(6-9)3-8(4-15)12-17-18-13(25-12)11-2-1-10-7-19(11)14(21)20(10)26-27(22,23)24/h8-11H,1-7,16H2,(H,22,23,24)/t8?,9?,10-,11-,15?/m0/s1. The lowest BCUT2D eigenvalue weighted by Gasteiger charge is -2.56. The van der Waals surface area contributed by atoms with Crippen LogP contribution in [0.3, 0.4) is 0 Å². The van der Waals surface area contributed by atoms with Crippen molar-refractivity contribution in [2.45, 2.75) is 62.6 Å². The second kappa shape index (κ2) is 5.63. The first-order chi connectivity index (χ1) is 12.7. The molecular weight excluding hydrogens is 378 g/mol. The zero-order chi connectivity index (χ0) is 19.0. The maximum Gasteiger partial charge on any atom is 0.418 e. The highest BCUT2D eigenvalue weighted by Gasteiger charge is 2.54. The zero-order valence-corrected chi connectivity index (χ0v) is 15.3. The second-order valence-electron chi connectivity index (χ2n) is 8.26. The van der Waals surface area contributed by atoms with Crippen LogP contribution in [0.1, 0.15) is 62.3 Å². The highest BCUT2D eigenvalue weighted by molar-refractivity contribution is 7.80. The van der Waals surface area contributed by atoms with Crippen molar-refractivity contribution in [2.75, 3.05) is 6.54 Å². The van der Waals surface area contributed by atoms with Crippen LogP contribution in [0.15, 0.2) is 4.42 Å². The normalized spacial score (nSPS) is 38.2. The molecule has 1 aromatic rings. The molecule has 0 aromatic carbocycles. The lowest BCUT2D eigenvalue weighted by Crippen LogP contribution is -2.52. The quantitative estimate of drug-likeness (QED) is 0.698. The number of urea groups is 1. The number of aromatic nitrogens is 2. The Morgan fingerprint density at radius 3 is 2.56 bits per heavy atom. The van der Waals surface area contributed by atoms with E-state index in [9.17, 15) is 13.2 Å². The van der Waals surface area contributed by atoms with Gasteiger partial charge in [-0.05, 0) is 43.9 Å². The van der Waals surface area contributed by atoms with Crippen molar-refractivity contribution >= 4 is 16.4 Å². The third kappa shape index (κ3) is 2.82. The molecular formula is C15H21N5O6S. The topological polar surface area (TPSA) is 152 Å². The minimum absolute atomic E-state index is 0.240. The maximum atomic E-state index is 12.5. The van der Waals surface area contributed by atoms with Gasteiger partial charge in [0.15, 0.2) is 0 Å². The molecule has 2 aliphatic carbocycles. The summed E-state index contributed by atoms with van der Waals surface area (Å²) in [4.78, 5) is 13.9. The fourth-order valence-electron chi connectivity index (χ4n) is 5.18. The number of hydroxylamine groups is 2. The van der Waals surface area contributed by atoms with E-state index >= 15 is 0 Å². The summed E-state index contributed by atoms with van der Waals surface area (Å²) in [7, 11) is -4.76. The molecule has 5 rings (SSSR count). The molecule has 2 amide bonds. The van der Waals surface area contributed by atoms with Gasteiger partial charge in [-0.3, -0.25) is 4.55 Å². The Bertz CT molecular complexity index is 873. The average Bonchev–Trinajstić information content (AvgIpc) is 3.09. The Labute approximate surface area is 155 Å². The van der Waals surface area contributed by atoms with Crippen LogP contribution in [-0.4, -0.2) is 57.8 Å². The van der Waals surface area contributed by atoms with E-state index < -0.39 is 28.5 Å². The van der Waals surface area contributed by atoms with Crippen molar-refractivity contribution < 1.29 is 26.5 Å². The van der Waals surface area contributed by atoms with Crippen molar-refractivity contribution in [3.63, 3.8) is 0 Å². The van der Waals surface area contributed by atoms with Crippen molar-refractivity contribution in [3.05, 3.63) is 11.8 Å². The number of carbonyl (C=O) groups excluding carboxylic acids is 1. The monoisotopic (exact) mass is 399 g/mol. The molecule has 1 spiro atoms. The first-order valence-electron chi connectivity index (χ1n) is 9.09. The molecule has 0 radical (unpaired) electrons. The Kier molecular flexibility index (Phi) is 3.61. The summed E-state index contributed by atoms with van der Waals surface area (Å²) >= 11 is 0. The summed E-state index contributed by atoms with van der Waals surface area (Å²) < 4.78 is 41.1. The Hall–Kier alpha value is -1.76. The number of hydrogen-bond acceptors (Lipinski definition) is 8. The maximum absolute atomic E-state index is 12.5.